The lowest BCUT2D eigenvalue weighted by Gasteiger charge is -2.17. The second-order valence-electron chi connectivity index (χ2n) is 10.1. The van der Waals surface area contributed by atoms with Crippen LogP contribution >= 0.6 is 7.60 Å². The summed E-state index contributed by atoms with van der Waals surface area (Å²) in [6.07, 6.45) is 0. The number of fused-ring (bicyclic) bond motifs is 1. The van der Waals surface area contributed by atoms with Crippen LogP contribution in [0.25, 0.3) is 10.9 Å². The van der Waals surface area contributed by atoms with Crippen molar-refractivity contribution in [3.63, 3.8) is 0 Å². The molecule has 1 aromatic heterocycles. The molecular weight excluding hydrogens is 545 g/mol. The summed E-state index contributed by atoms with van der Waals surface area (Å²) in [5.41, 5.74) is 5.83. The molecule has 0 fully saturated rings. The van der Waals surface area contributed by atoms with Crippen molar-refractivity contribution in [3.8, 4) is 5.88 Å². The Kier molecular flexibility index (Phi) is 9.35. The molecule has 8 heteroatoms. The van der Waals surface area contributed by atoms with E-state index in [0.29, 0.717) is 27.5 Å². The van der Waals surface area contributed by atoms with Gasteiger partial charge in [-0.2, -0.15) is 0 Å². The van der Waals surface area contributed by atoms with Crippen LogP contribution in [0.2, 0.25) is 0 Å². The van der Waals surface area contributed by atoms with Crippen LogP contribution in [0.4, 0.5) is 5.69 Å². The summed E-state index contributed by atoms with van der Waals surface area (Å²) < 4.78 is 24.7. The highest BCUT2D eigenvalue weighted by molar-refractivity contribution is 7.62. The van der Waals surface area contributed by atoms with Crippen LogP contribution in [-0.2, 0) is 26.7 Å². The highest BCUT2D eigenvalue weighted by atomic mass is 31.2. The predicted octanol–water partition coefficient (Wildman–Crippen LogP) is 7.57. The Hall–Kier alpha value is -4.00. The van der Waals surface area contributed by atoms with E-state index >= 15 is 0 Å². The minimum Gasteiger partial charge on any atom is -0.494 e. The lowest BCUT2D eigenvalue weighted by molar-refractivity contribution is 0.230. The van der Waals surface area contributed by atoms with E-state index < -0.39 is 7.60 Å². The van der Waals surface area contributed by atoms with Crippen LogP contribution < -0.4 is 5.30 Å². The van der Waals surface area contributed by atoms with E-state index in [-0.39, 0.29) is 19.1 Å². The number of aromatic nitrogens is 1. The fourth-order valence-corrected chi connectivity index (χ4v) is 6.63. The van der Waals surface area contributed by atoms with Gasteiger partial charge in [0.2, 0.25) is 0 Å². The van der Waals surface area contributed by atoms with Gasteiger partial charge in [0.05, 0.1) is 35.5 Å². The van der Waals surface area contributed by atoms with Crippen LogP contribution in [0.1, 0.15) is 36.1 Å². The standard InChI is InChI=1S/C34H36N3O4P/c1-4-40-42(39,41-5-2)29-20-21-31-30(22-29)32(34(38)36-31)33(27-14-10-7-11-15-27)35-28-18-16-26(17-19-28)24-37(3)23-25-12-8-6-9-13-25/h6-22,36,38H,4-5,23-24H2,1-3H3. The first kappa shape index (κ1) is 29.5. The molecule has 0 saturated carbocycles. The molecule has 0 amide bonds. The Morgan fingerprint density at radius 3 is 2.05 bits per heavy atom. The average molecular weight is 582 g/mol. The van der Waals surface area contributed by atoms with Gasteiger partial charge in [0.1, 0.15) is 0 Å². The molecule has 0 bridgehead atoms. The molecular formula is C34H36N3O4P. The fraction of sp³-hybridized carbons (Fsp3) is 0.206. The zero-order chi connectivity index (χ0) is 29.5. The summed E-state index contributed by atoms with van der Waals surface area (Å²) in [4.78, 5) is 10.4. The number of aromatic hydroxyl groups is 1. The van der Waals surface area contributed by atoms with Crippen molar-refractivity contribution in [3.05, 3.63) is 125 Å². The third kappa shape index (κ3) is 6.72. The van der Waals surface area contributed by atoms with E-state index in [9.17, 15) is 9.67 Å². The van der Waals surface area contributed by atoms with Crippen LogP contribution in [0, 0.1) is 0 Å². The van der Waals surface area contributed by atoms with Gasteiger partial charge in [0.15, 0.2) is 5.88 Å². The third-order valence-electron chi connectivity index (χ3n) is 6.89. The van der Waals surface area contributed by atoms with Crippen molar-refractivity contribution in [1.29, 1.82) is 0 Å². The highest BCUT2D eigenvalue weighted by Crippen LogP contribution is 2.47. The molecule has 0 atom stereocenters. The summed E-state index contributed by atoms with van der Waals surface area (Å²) in [6, 6.07) is 33.5. The van der Waals surface area contributed by atoms with Gasteiger partial charge in [-0.1, -0.05) is 72.8 Å². The Labute approximate surface area is 247 Å². The van der Waals surface area contributed by atoms with E-state index in [2.05, 4.69) is 53.3 Å². The Balaban J connectivity index is 1.52. The number of nitrogens with zero attached hydrogens (tertiary/aromatic N) is 2. The Bertz CT molecular complexity index is 1690. The molecule has 42 heavy (non-hydrogen) atoms. The highest BCUT2D eigenvalue weighted by Gasteiger charge is 2.28. The van der Waals surface area contributed by atoms with E-state index in [0.717, 1.165) is 24.3 Å². The lowest BCUT2D eigenvalue weighted by Crippen LogP contribution is -2.17. The number of hydrogen-bond acceptors (Lipinski definition) is 6. The summed E-state index contributed by atoms with van der Waals surface area (Å²) >= 11 is 0. The summed E-state index contributed by atoms with van der Waals surface area (Å²) in [5, 5.41) is 12.2. The molecule has 0 spiro atoms. The van der Waals surface area contributed by atoms with Crippen LogP contribution in [0.15, 0.2) is 108 Å². The molecule has 0 aliphatic carbocycles. The minimum atomic E-state index is -3.53. The molecule has 7 nitrogen and oxygen atoms in total. The fourth-order valence-electron chi connectivity index (χ4n) is 5.03. The molecule has 0 aliphatic rings. The molecule has 1 heterocycles. The van der Waals surface area contributed by atoms with Gasteiger partial charge in [-0.3, -0.25) is 9.46 Å². The molecule has 0 unspecified atom stereocenters. The van der Waals surface area contributed by atoms with Crippen molar-refractivity contribution in [2.45, 2.75) is 26.9 Å². The Morgan fingerprint density at radius 1 is 0.833 bits per heavy atom. The first-order valence-electron chi connectivity index (χ1n) is 14.1. The Morgan fingerprint density at radius 2 is 1.43 bits per heavy atom. The van der Waals surface area contributed by atoms with Crippen molar-refractivity contribution in [2.75, 3.05) is 20.3 Å². The molecule has 0 saturated heterocycles. The van der Waals surface area contributed by atoms with E-state index in [1.807, 2.05) is 48.5 Å². The van der Waals surface area contributed by atoms with Gasteiger partial charge in [-0.15, -0.1) is 0 Å². The number of rotatable bonds is 12. The quantitative estimate of drug-likeness (QED) is 0.117. The molecule has 2 N–H and O–H groups in total. The van der Waals surface area contributed by atoms with Crippen molar-refractivity contribution in [1.82, 2.24) is 9.88 Å². The van der Waals surface area contributed by atoms with E-state index in [1.54, 1.807) is 32.0 Å². The molecule has 4 aromatic carbocycles. The number of aliphatic imine (C=N–C) groups is 1. The number of aromatic amines is 1. The normalized spacial score (nSPS) is 12.3. The van der Waals surface area contributed by atoms with Crippen molar-refractivity contribution in [2.24, 2.45) is 4.99 Å². The van der Waals surface area contributed by atoms with Crippen molar-refractivity contribution < 1.29 is 18.7 Å². The van der Waals surface area contributed by atoms with Crippen molar-refractivity contribution >= 4 is 35.2 Å². The van der Waals surface area contributed by atoms with Crippen LogP contribution in [-0.4, -0.2) is 41.0 Å². The first-order valence-corrected chi connectivity index (χ1v) is 15.6. The van der Waals surface area contributed by atoms with Gasteiger partial charge in [-0.05, 0) is 62.4 Å². The zero-order valence-electron chi connectivity index (χ0n) is 24.2. The molecule has 0 radical (unpaired) electrons. The number of hydrogen-bond donors (Lipinski definition) is 2. The molecule has 216 valence electrons. The zero-order valence-corrected chi connectivity index (χ0v) is 25.1. The third-order valence-corrected chi connectivity index (χ3v) is 8.99. The van der Waals surface area contributed by atoms with Gasteiger partial charge in [0, 0.05) is 29.6 Å². The van der Waals surface area contributed by atoms with Gasteiger partial charge in [-0.25, -0.2) is 4.99 Å². The predicted molar refractivity (Wildman–Crippen MR) is 170 cm³/mol. The smallest absolute Gasteiger partial charge is 0.361 e. The second-order valence-corrected chi connectivity index (χ2v) is 12.1. The number of benzene rings is 4. The van der Waals surface area contributed by atoms with E-state index in [4.69, 9.17) is 14.0 Å². The molecule has 5 aromatic rings. The molecule has 0 aliphatic heterocycles. The van der Waals surface area contributed by atoms with E-state index in [1.165, 1.54) is 11.1 Å². The average Bonchev–Trinajstić information content (AvgIpc) is 3.32. The number of H-pyrrole nitrogens is 1. The summed E-state index contributed by atoms with van der Waals surface area (Å²) in [6.45, 7) is 5.72. The maximum Gasteiger partial charge on any atom is 0.361 e. The second kappa shape index (κ2) is 13.3. The lowest BCUT2D eigenvalue weighted by atomic mass is 10.0. The molecule has 5 rings (SSSR count). The summed E-state index contributed by atoms with van der Waals surface area (Å²) in [7, 11) is -1.43. The maximum atomic E-state index is 13.6. The number of nitrogens with one attached hydrogen (secondary N) is 1. The van der Waals surface area contributed by atoms with Gasteiger partial charge >= 0.3 is 7.60 Å². The topological polar surface area (TPSA) is 87.1 Å². The SMILES string of the molecule is CCOP(=O)(OCC)c1ccc2[nH]c(O)c(C(=Nc3ccc(CN(C)Cc4ccccc4)cc3)c3ccccc3)c2c1. The monoisotopic (exact) mass is 581 g/mol. The van der Waals surface area contributed by atoms with Gasteiger partial charge < -0.3 is 19.1 Å². The maximum absolute atomic E-state index is 13.6. The van der Waals surface area contributed by atoms with Gasteiger partial charge in [0.25, 0.3) is 0 Å². The minimum absolute atomic E-state index is 0.0217. The largest absolute Gasteiger partial charge is 0.494 e. The van der Waals surface area contributed by atoms with Crippen LogP contribution in [0.3, 0.4) is 0 Å². The summed E-state index contributed by atoms with van der Waals surface area (Å²) in [5.74, 6) is -0.0217. The first-order chi connectivity index (χ1) is 20.4. The van der Waals surface area contributed by atoms with Crippen LogP contribution in [0.5, 0.6) is 5.88 Å².